The number of nitrogens with one attached hydrogen (secondary N) is 1. The van der Waals surface area contributed by atoms with E-state index in [1.807, 2.05) is 20.8 Å². The zero-order valence-corrected chi connectivity index (χ0v) is 25.8. The van der Waals surface area contributed by atoms with Crippen molar-refractivity contribution < 1.29 is 27.1 Å². The SMILES string of the molecule is CCOc1ccc(N(CC(=O)N(Cc2ccc(F)cc2)C(CC)C(=O)NC(C)CC)S(=O)(=O)c2ccc(Cl)cc2)cc1. The number of ether oxygens (including phenoxy) is 1. The van der Waals surface area contributed by atoms with Gasteiger partial charge in [-0.1, -0.05) is 37.6 Å². The Morgan fingerprint density at radius 2 is 1.55 bits per heavy atom. The third kappa shape index (κ3) is 8.45. The van der Waals surface area contributed by atoms with E-state index in [9.17, 15) is 22.4 Å². The van der Waals surface area contributed by atoms with E-state index < -0.39 is 34.3 Å². The first-order valence-corrected chi connectivity index (χ1v) is 15.7. The Morgan fingerprint density at radius 3 is 2.10 bits per heavy atom. The van der Waals surface area contributed by atoms with Crippen molar-refractivity contribution in [1.29, 1.82) is 0 Å². The summed E-state index contributed by atoms with van der Waals surface area (Å²) >= 11 is 6.00. The van der Waals surface area contributed by atoms with Gasteiger partial charge in [0.15, 0.2) is 0 Å². The Kier molecular flexibility index (Phi) is 11.8. The predicted octanol–water partition coefficient (Wildman–Crippen LogP) is 5.80. The van der Waals surface area contributed by atoms with Gasteiger partial charge >= 0.3 is 0 Å². The molecule has 0 heterocycles. The fourth-order valence-electron chi connectivity index (χ4n) is 4.28. The van der Waals surface area contributed by atoms with Crippen LogP contribution in [0.15, 0.2) is 77.7 Å². The van der Waals surface area contributed by atoms with E-state index >= 15 is 0 Å². The average molecular weight is 618 g/mol. The quantitative estimate of drug-likeness (QED) is 0.247. The number of halogens is 2. The van der Waals surface area contributed by atoms with Crippen molar-refractivity contribution in [2.75, 3.05) is 17.5 Å². The summed E-state index contributed by atoms with van der Waals surface area (Å²) in [7, 11) is -4.24. The van der Waals surface area contributed by atoms with Crippen molar-refractivity contribution in [3.8, 4) is 5.75 Å². The van der Waals surface area contributed by atoms with Gasteiger partial charge in [-0.25, -0.2) is 12.8 Å². The molecule has 2 atom stereocenters. The van der Waals surface area contributed by atoms with Crippen LogP contribution in [0.25, 0.3) is 0 Å². The van der Waals surface area contributed by atoms with Crippen molar-refractivity contribution in [1.82, 2.24) is 10.2 Å². The van der Waals surface area contributed by atoms with Gasteiger partial charge in [0.25, 0.3) is 10.0 Å². The number of sulfonamides is 1. The van der Waals surface area contributed by atoms with E-state index in [0.29, 0.717) is 29.4 Å². The third-order valence-electron chi connectivity index (χ3n) is 6.77. The Hall–Kier alpha value is -3.63. The molecule has 0 saturated carbocycles. The first-order chi connectivity index (χ1) is 20.0. The smallest absolute Gasteiger partial charge is 0.264 e. The summed E-state index contributed by atoms with van der Waals surface area (Å²) in [6, 6.07) is 16.6. The number of amides is 2. The molecule has 226 valence electrons. The molecule has 0 radical (unpaired) electrons. The molecule has 0 aliphatic rings. The summed E-state index contributed by atoms with van der Waals surface area (Å²) in [6.07, 6.45) is 0.973. The van der Waals surface area contributed by atoms with Crippen LogP contribution in [0.5, 0.6) is 5.75 Å². The maximum atomic E-state index is 14.1. The van der Waals surface area contributed by atoms with Crippen molar-refractivity contribution in [3.63, 3.8) is 0 Å². The lowest BCUT2D eigenvalue weighted by atomic mass is 10.1. The molecule has 0 aromatic heterocycles. The standard InChI is InChI=1S/C31H37ClFN3O5S/c1-5-22(4)34-31(38)29(6-2)35(20-23-8-12-25(33)13-9-23)30(37)21-36(26-14-16-27(17-15-26)41-7-3)42(39,40)28-18-10-24(32)11-19-28/h8-19,22,29H,5-7,20-21H2,1-4H3,(H,34,38). The number of anilines is 1. The van der Waals surface area contributed by atoms with E-state index in [2.05, 4.69) is 5.32 Å². The van der Waals surface area contributed by atoms with Crippen LogP contribution in [0, 0.1) is 5.82 Å². The highest BCUT2D eigenvalue weighted by atomic mass is 35.5. The molecule has 0 aliphatic heterocycles. The second kappa shape index (κ2) is 15.0. The molecular formula is C31H37ClFN3O5S. The Labute approximate surface area is 252 Å². The molecule has 1 N–H and O–H groups in total. The normalized spacial score (nSPS) is 12.7. The van der Waals surface area contributed by atoms with Crippen LogP contribution in [-0.4, -0.2) is 50.4 Å². The van der Waals surface area contributed by atoms with Gasteiger partial charge in [0.2, 0.25) is 11.8 Å². The minimum atomic E-state index is -4.24. The number of carbonyl (C=O) groups is 2. The third-order valence-corrected chi connectivity index (χ3v) is 8.81. The fourth-order valence-corrected chi connectivity index (χ4v) is 5.83. The highest BCUT2D eigenvalue weighted by Crippen LogP contribution is 2.27. The highest BCUT2D eigenvalue weighted by molar-refractivity contribution is 7.92. The zero-order chi connectivity index (χ0) is 30.9. The number of rotatable bonds is 14. The van der Waals surface area contributed by atoms with Crippen LogP contribution in [0.4, 0.5) is 10.1 Å². The molecule has 3 aromatic rings. The van der Waals surface area contributed by atoms with Crippen LogP contribution in [0.1, 0.15) is 46.1 Å². The molecule has 0 fully saturated rings. The maximum absolute atomic E-state index is 14.1. The summed E-state index contributed by atoms with van der Waals surface area (Å²) in [5.74, 6) is -0.844. The summed E-state index contributed by atoms with van der Waals surface area (Å²) < 4.78 is 48.0. The zero-order valence-electron chi connectivity index (χ0n) is 24.2. The molecule has 42 heavy (non-hydrogen) atoms. The first kappa shape index (κ1) is 32.9. The second-order valence-corrected chi connectivity index (χ2v) is 12.1. The Balaban J connectivity index is 2.05. The lowest BCUT2D eigenvalue weighted by Gasteiger charge is -2.33. The van der Waals surface area contributed by atoms with Gasteiger partial charge in [0.1, 0.15) is 24.2 Å². The van der Waals surface area contributed by atoms with Gasteiger partial charge in [0, 0.05) is 17.6 Å². The lowest BCUT2D eigenvalue weighted by Crippen LogP contribution is -2.53. The predicted molar refractivity (Wildman–Crippen MR) is 163 cm³/mol. The lowest BCUT2D eigenvalue weighted by molar-refractivity contribution is -0.140. The number of hydrogen-bond acceptors (Lipinski definition) is 5. The van der Waals surface area contributed by atoms with Crippen molar-refractivity contribution in [2.45, 2.75) is 64.1 Å². The molecule has 2 unspecified atom stereocenters. The van der Waals surface area contributed by atoms with Crippen LogP contribution in [0.2, 0.25) is 5.02 Å². The number of benzene rings is 3. The number of nitrogens with zero attached hydrogens (tertiary/aromatic N) is 2. The first-order valence-electron chi connectivity index (χ1n) is 13.9. The molecule has 2 amide bonds. The molecular weight excluding hydrogens is 581 g/mol. The largest absolute Gasteiger partial charge is 0.494 e. The topological polar surface area (TPSA) is 96.0 Å². The second-order valence-electron chi connectivity index (χ2n) is 9.78. The van der Waals surface area contributed by atoms with Gasteiger partial charge in [-0.05, 0) is 92.9 Å². The monoisotopic (exact) mass is 617 g/mol. The summed E-state index contributed by atoms with van der Waals surface area (Å²) in [5, 5.41) is 3.29. The molecule has 0 bridgehead atoms. The summed E-state index contributed by atoms with van der Waals surface area (Å²) in [5.41, 5.74) is 0.827. The van der Waals surface area contributed by atoms with E-state index in [0.717, 1.165) is 4.31 Å². The average Bonchev–Trinajstić information content (AvgIpc) is 2.97. The van der Waals surface area contributed by atoms with Crippen LogP contribution in [0.3, 0.4) is 0 Å². The van der Waals surface area contributed by atoms with Crippen LogP contribution < -0.4 is 14.4 Å². The van der Waals surface area contributed by atoms with Gasteiger partial charge < -0.3 is 15.0 Å². The van der Waals surface area contributed by atoms with E-state index in [1.54, 1.807) is 31.2 Å². The Morgan fingerprint density at radius 1 is 0.929 bits per heavy atom. The van der Waals surface area contributed by atoms with Gasteiger partial charge in [0.05, 0.1) is 17.2 Å². The maximum Gasteiger partial charge on any atom is 0.264 e. The van der Waals surface area contributed by atoms with Crippen molar-refractivity contribution in [2.24, 2.45) is 0 Å². The summed E-state index contributed by atoms with van der Waals surface area (Å²) in [6.45, 7) is 7.23. The Bertz CT molecular complexity index is 1430. The molecule has 11 heteroatoms. The molecule has 3 aromatic carbocycles. The van der Waals surface area contributed by atoms with Crippen molar-refractivity contribution >= 4 is 39.1 Å². The van der Waals surface area contributed by atoms with Gasteiger partial charge in [-0.3, -0.25) is 13.9 Å². The minimum Gasteiger partial charge on any atom is -0.494 e. The van der Waals surface area contributed by atoms with Crippen molar-refractivity contribution in [3.05, 3.63) is 89.2 Å². The van der Waals surface area contributed by atoms with Gasteiger partial charge in [-0.15, -0.1) is 0 Å². The molecule has 0 spiro atoms. The van der Waals surface area contributed by atoms with Crippen LogP contribution in [-0.2, 0) is 26.2 Å². The minimum absolute atomic E-state index is 0.0242. The molecule has 0 saturated heterocycles. The highest BCUT2D eigenvalue weighted by Gasteiger charge is 2.34. The fraction of sp³-hybridized carbons (Fsp3) is 0.355. The number of hydrogen-bond donors (Lipinski definition) is 1. The van der Waals surface area contributed by atoms with E-state index in [1.165, 1.54) is 53.4 Å². The number of carbonyl (C=O) groups excluding carboxylic acids is 2. The summed E-state index contributed by atoms with van der Waals surface area (Å²) in [4.78, 5) is 28.7. The molecule has 0 aliphatic carbocycles. The molecule has 8 nitrogen and oxygen atoms in total. The molecule has 3 rings (SSSR count). The van der Waals surface area contributed by atoms with E-state index in [-0.39, 0.29) is 35.5 Å². The van der Waals surface area contributed by atoms with Crippen LogP contribution >= 0.6 is 11.6 Å². The van der Waals surface area contributed by atoms with Gasteiger partial charge in [-0.2, -0.15) is 0 Å². The van der Waals surface area contributed by atoms with E-state index in [4.69, 9.17) is 16.3 Å².